The zero-order valence-electron chi connectivity index (χ0n) is 13.6. The molecule has 12 heteroatoms. The summed E-state index contributed by atoms with van der Waals surface area (Å²) in [6.45, 7) is 1.93. The van der Waals surface area contributed by atoms with Gasteiger partial charge in [-0.15, -0.1) is 0 Å². The van der Waals surface area contributed by atoms with E-state index in [1.807, 2.05) is 25.1 Å². The summed E-state index contributed by atoms with van der Waals surface area (Å²) < 4.78 is 26.2. The molecule has 0 aliphatic rings. The zero-order valence-corrected chi connectivity index (χ0v) is 15.3. The minimum Gasteiger partial charge on any atom is -0.382 e. The number of benzene rings is 1. The predicted octanol–water partition coefficient (Wildman–Crippen LogP) is 0.383. The number of carbonyl (C=O) groups is 1. The van der Waals surface area contributed by atoms with Gasteiger partial charge in [-0.1, -0.05) is 23.9 Å². The molecule has 0 spiro atoms. The quantitative estimate of drug-likeness (QED) is 0.343. The van der Waals surface area contributed by atoms with Crippen LogP contribution in [0.4, 0.5) is 5.69 Å². The van der Waals surface area contributed by atoms with Crippen LogP contribution in [0.2, 0.25) is 0 Å². The lowest BCUT2D eigenvalue weighted by Crippen LogP contribution is -2.30. The van der Waals surface area contributed by atoms with E-state index < -0.39 is 21.7 Å². The molecule has 0 unspecified atom stereocenters. The molecule has 0 atom stereocenters. The highest BCUT2D eigenvalue weighted by atomic mass is 32.2. The monoisotopic (exact) mass is 396 g/mol. The maximum absolute atomic E-state index is 11.3. The standard InChI is InChI=1S/C14H16N6O4S2/c1-9-3-2-4-10(7-9)18-13(15)12-14(20-24-19-12)25-6-5-17-11(21)8-26(16,22)23/h2-7H,8H2,1H3,(H2,15,18)(H,17,21)(H2,16,22,23)/b6-5+. The molecule has 10 nitrogen and oxygen atoms in total. The van der Waals surface area contributed by atoms with Gasteiger partial charge in [0.1, 0.15) is 5.75 Å². The Morgan fingerprint density at radius 2 is 2.19 bits per heavy atom. The first-order chi connectivity index (χ1) is 12.2. The number of nitrogens with one attached hydrogen (secondary N) is 1. The zero-order chi connectivity index (χ0) is 19.2. The van der Waals surface area contributed by atoms with E-state index in [2.05, 4.69) is 25.3 Å². The summed E-state index contributed by atoms with van der Waals surface area (Å²) in [5.41, 5.74) is 7.88. The average molecular weight is 396 g/mol. The number of rotatable bonds is 7. The fourth-order valence-corrected chi connectivity index (χ4v) is 2.80. The van der Waals surface area contributed by atoms with Crippen LogP contribution < -0.4 is 16.2 Å². The number of amidine groups is 1. The molecule has 0 radical (unpaired) electrons. The second kappa shape index (κ2) is 8.60. The predicted molar refractivity (Wildman–Crippen MR) is 97.0 cm³/mol. The molecule has 5 N–H and O–H groups in total. The van der Waals surface area contributed by atoms with Gasteiger partial charge < -0.3 is 11.1 Å². The lowest BCUT2D eigenvalue weighted by atomic mass is 10.2. The largest absolute Gasteiger partial charge is 0.382 e. The van der Waals surface area contributed by atoms with Crippen molar-refractivity contribution in [1.82, 2.24) is 15.6 Å². The maximum Gasteiger partial charge on any atom is 0.240 e. The summed E-state index contributed by atoms with van der Waals surface area (Å²) in [6.07, 6.45) is 1.24. The van der Waals surface area contributed by atoms with Gasteiger partial charge in [0.15, 0.2) is 16.6 Å². The molecule has 2 rings (SSSR count). The van der Waals surface area contributed by atoms with E-state index in [1.54, 1.807) is 6.07 Å². The van der Waals surface area contributed by atoms with Crippen LogP contribution in [-0.2, 0) is 14.8 Å². The molecule has 1 heterocycles. The van der Waals surface area contributed by atoms with E-state index >= 15 is 0 Å². The van der Waals surface area contributed by atoms with Gasteiger partial charge in [0.25, 0.3) is 0 Å². The molecule has 1 aromatic carbocycles. The van der Waals surface area contributed by atoms with Gasteiger partial charge in [-0.2, -0.15) is 0 Å². The first-order valence-electron chi connectivity index (χ1n) is 7.10. The highest BCUT2D eigenvalue weighted by molar-refractivity contribution is 8.02. The van der Waals surface area contributed by atoms with E-state index in [9.17, 15) is 13.2 Å². The van der Waals surface area contributed by atoms with Crippen molar-refractivity contribution < 1.29 is 17.8 Å². The van der Waals surface area contributed by atoms with E-state index in [-0.39, 0.29) is 11.5 Å². The maximum atomic E-state index is 11.3. The van der Waals surface area contributed by atoms with Crippen molar-refractivity contribution in [3.05, 3.63) is 47.1 Å². The van der Waals surface area contributed by atoms with Crippen LogP contribution in [0.15, 0.2) is 50.5 Å². The van der Waals surface area contributed by atoms with Crippen LogP contribution in [0.5, 0.6) is 0 Å². The smallest absolute Gasteiger partial charge is 0.240 e. The molecule has 2 aromatic rings. The Balaban J connectivity index is 2.02. The van der Waals surface area contributed by atoms with Gasteiger partial charge in [-0.3, -0.25) is 4.79 Å². The van der Waals surface area contributed by atoms with Crippen molar-refractivity contribution in [3.63, 3.8) is 0 Å². The van der Waals surface area contributed by atoms with Crippen molar-refractivity contribution >= 4 is 39.2 Å². The molecule has 0 saturated heterocycles. The topological polar surface area (TPSA) is 167 Å². The molecule has 26 heavy (non-hydrogen) atoms. The Bertz CT molecular complexity index is 952. The van der Waals surface area contributed by atoms with Gasteiger partial charge >= 0.3 is 0 Å². The third-order valence-corrected chi connectivity index (χ3v) is 4.20. The number of aromatic nitrogens is 2. The fourth-order valence-electron chi connectivity index (χ4n) is 1.75. The number of hydrogen-bond acceptors (Lipinski definition) is 8. The van der Waals surface area contributed by atoms with E-state index in [4.69, 9.17) is 10.9 Å². The van der Waals surface area contributed by atoms with Crippen molar-refractivity contribution in [3.8, 4) is 0 Å². The van der Waals surface area contributed by atoms with Crippen molar-refractivity contribution in [2.24, 2.45) is 15.9 Å². The highest BCUT2D eigenvalue weighted by Gasteiger charge is 2.14. The number of aliphatic imine (C=N–C) groups is 1. The van der Waals surface area contributed by atoms with Crippen LogP contribution in [0.25, 0.3) is 0 Å². The van der Waals surface area contributed by atoms with Gasteiger partial charge in [0.05, 0.1) is 5.69 Å². The number of carbonyl (C=O) groups excluding carboxylic acids is 1. The van der Waals surface area contributed by atoms with Crippen molar-refractivity contribution in [2.45, 2.75) is 11.9 Å². The summed E-state index contributed by atoms with van der Waals surface area (Å²) in [7, 11) is -3.88. The summed E-state index contributed by atoms with van der Waals surface area (Å²) >= 11 is 1.05. The highest BCUT2D eigenvalue weighted by Crippen LogP contribution is 2.21. The molecule has 1 amide bonds. The van der Waals surface area contributed by atoms with Gasteiger partial charge in [-0.25, -0.2) is 23.2 Å². The molecule has 0 aliphatic carbocycles. The fraction of sp³-hybridized carbons (Fsp3) is 0.143. The third-order valence-electron chi connectivity index (χ3n) is 2.78. The van der Waals surface area contributed by atoms with E-state index in [0.29, 0.717) is 10.7 Å². The SMILES string of the molecule is Cc1cccc(N=C(N)c2nonc2S/C=C/NC(=O)CS(N)(=O)=O)c1. The van der Waals surface area contributed by atoms with Crippen molar-refractivity contribution in [2.75, 3.05) is 5.75 Å². The normalized spacial score (nSPS) is 12.5. The molecule has 0 fully saturated rings. The Labute approximate surface area is 153 Å². The number of nitrogens with two attached hydrogens (primary N) is 2. The number of primary sulfonamides is 1. The van der Waals surface area contributed by atoms with Crippen LogP contribution in [0.1, 0.15) is 11.3 Å². The lowest BCUT2D eigenvalue weighted by molar-refractivity contribution is -0.117. The molecule has 0 bridgehead atoms. The summed E-state index contributed by atoms with van der Waals surface area (Å²) in [6, 6.07) is 7.43. The van der Waals surface area contributed by atoms with Gasteiger partial charge in [-0.05, 0) is 40.3 Å². The van der Waals surface area contributed by atoms with Crippen LogP contribution >= 0.6 is 11.8 Å². The number of thioether (sulfide) groups is 1. The second-order valence-electron chi connectivity index (χ2n) is 5.05. The van der Waals surface area contributed by atoms with Crippen molar-refractivity contribution in [1.29, 1.82) is 0 Å². The first-order valence-corrected chi connectivity index (χ1v) is 9.69. The minimum atomic E-state index is -3.88. The van der Waals surface area contributed by atoms with Crippen LogP contribution in [0.3, 0.4) is 0 Å². The van der Waals surface area contributed by atoms with Gasteiger partial charge in [0.2, 0.25) is 15.9 Å². The molecule has 138 valence electrons. The number of sulfonamides is 1. The number of amides is 1. The Kier molecular flexibility index (Phi) is 6.49. The summed E-state index contributed by atoms with van der Waals surface area (Å²) in [5.74, 6) is -1.45. The van der Waals surface area contributed by atoms with E-state index in [0.717, 1.165) is 17.3 Å². The molecule has 0 saturated carbocycles. The third kappa shape index (κ3) is 6.31. The molecular weight excluding hydrogens is 380 g/mol. The lowest BCUT2D eigenvalue weighted by Gasteiger charge is -1.99. The average Bonchev–Trinajstić information content (AvgIpc) is 2.98. The first kappa shape index (κ1) is 19.6. The summed E-state index contributed by atoms with van der Waals surface area (Å²) in [4.78, 5) is 15.6. The number of aryl methyl sites for hydroxylation is 1. The minimum absolute atomic E-state index is 0.117. The van der Waals surface area contributed by atoms with Crippen LogP contribution in [0, 0.1) is 6.92 Å². The summed E-state index contributed by atoms with van der Waals surface area (Å²) in [5, 5.41) is 16.2. The second-order valence-corrected chi connectivity index (χ2v) is 7.56. The van der Waals surface area contributed by atoms with Gasteiger partial charge in [0, 0.05) is 6.20 Å². The Morgan fingerprint density at radius 3 is 2.88 bits per heavy atom. The number of nitrogens with zero attached hydrogens (tertiary/aromatic N) is 3. The number of hydrogen-bond donors (Lipinski definition) is 3. The Hall–Kier alpha value is -2.70. The molecule has 1 aromatic heterocycles. The van der Waals surface area contributed by atoms with E-state index in [1.165, 1.54) is 11.6 Å². The Morgan fingerprint density at radius 1 is 1.42 bits per heavy atom. The molecule has 0 aliphatic heterocycles. The van der Waals surface area contributed by atoms with Crippen LogP contribution in [-0.4, -0.2) is 36.2 Å². The molecular formula is C14H16N6O4S2.